The van der Waals surface area contributed by atoms with Gasteiger partial charge in [0, 0.05) is 19.3 Å². The van der Waals surface area contributed by atoms with E-state index in [1.165, 1.54) is 218 Å². The Morgan fingerprint density at radius 2 is 0.493 bits per heavy atom. The maximum atomic E-state index is 12.8. The summed E-state index contributed by atoms with van der Waals surface area (Å²) in [5.41, 5.74) is 0. The fraction of sp³-hybridized carbons (Fsp3) is 0.885. The van der Waals surface area contributed by atoms with Crippen LogP contribution in [0.5, 0.6) is 0 Å². The summed E-state index contributed by atoms with van der Waals surface area (Å²) >= 11 is 0. The minimum absolute atomic E-state index is 0.0727. The zero-order valence-corrected chi connectivity index (χ0v) is 45.2. The van der Waals surface area contributed by atoms with Crippen LogP contribution >= 0.6 is 0 Å². The topological polar surface area (TPSA) is 78.9 Å². The van der Waals surface area contributed by atoms with E-state index in [4.69, 9.17) is 14.2 Å². The molecule has 0 bridgehead atoms. The standard InChI is InChI=1S/C61H114O6/c1-4-7-10-13-16-19-22-25-28-29-30-31-34-36-39-42-45-48-51-54-60(63)66-57-58(67-61(64)55-52-49-46-43-40-37-33-27-24-21-18-15-12-9-6-3)56-65-59(62)53-50-47-44-41-38-35-32-26-23-20-17-14-11-8-5-2/h26-27,32-33,58H,4-25,28-31,34-57H2,1-3H3. The van der Waals surface area contributed by atoms with Crippen molar-refractivity contribution in [2.75, 3.05) is 13.2 Å². The van der Waals surface area contributed by atoms with Gasteiger partial charge in [0.25, 0.3) is 0 Å². The zero-order valence-electron chi connectivity index (χ0n) is 45.2. The van der Waals surface area contributed by atoms with Crippen LogP contribution in [0.1, 0.15) is 329 Å². The lowest BCUT2D eigenvalue weighted by molar-refractivity contribution is -0.167. The molecule has 0 aromatic heterocycles. The summed E-state index contributed by atoms with van der Waals surface area (Å²) in [4.78, 5) is 38.2. The van der Waals surface area contributed by atoms with E-state index >= 15 is 0 Å². The predicted octanol–water partition coefficient (Wildman–Crippen LogP) is 19.9. The van der Waals surface area contributed by atoms with Crippen molar-refractivity contribution in [3.05, 3.63) is 24.3 Å². The Morgan fingerprint density at radius 1 is 0.284 bits per heavy atom. The Balaban J connectivity index is 4.32. The zero-order chi connectivity index (χ0) is 48.6. The summed E-state index contributed by atoms with van der Waals surface area (Å²) in [6, 6.07) is 0. The summed E-state index contributed by atoms with van der Waals surface area (Å²) < 4.78 is 16.9. The van der Waals surface area contributed by atoms with E-state index < -0.39 is 6.10 Å². The van der Waals surface area contributed by atoms with Crippen molar-refractivity contribution in [3.8, 4) is 0 Å². The average molecular weight is 944 g/mol. The summed E-state index contributed by atoms with van der Waals surface area (Å²) in [5.74, 6) is -0.868. The highest BCUT2D eigenvalue weighted by Gasteiger charge is 2.19. The molecule has 0 saturated carbocycles. The molecule has 0 aliphatic carbocycles. The summed E-state index contributed by atoms with van der Waals surface area (Å²) in [6.07, 6.45) is 66.0. The number of hydrogen-bond acceptors (Lipinski definition) is 6. The van der Waals surface area contributed by atoms with Crippen LogP contribution in [0.4, 0.5) is 0 Å². The Labute approximate surface area is 417 Å². The molecule has 0 aromatic rings. The van der Waals surface area contributed by atoms with Gasteiger partial charge in [-0.15, -0.1) is 0 Å². The van der Waals surface area contributed by atoms with E-state index in [1.54, 1.807) is 0 Å². The predicted molar refractivity (Wildman–Crippen MR) is 289 cm³/mol. The number of ether oxygens (including phenoxy) is 3. The number of carbonyl (C=O) groups is 3. The molecule has 6 heteroatoms. The number of allylic oxidation sites excluding steroid dienone is 4. The third kappa shape index (κ3) is 54.7. The van der Waals surface area contributed by atoms with Crippen molar-refractivity contribution >= 4 is 17.9 Å². The van der Waals surface area contributed by atoms with Gasteiger partial charge in [0.15, 0.2) is 6.10 Å². The fourth-order valence-electron chi connectivity index (χ4n) is 8.91. The molecule has 1 unspecified atom stereocenters. The van der Waals surface area contributed by atoms with Gasteiger partial charge in [-0.05, 0) is 70.6 Å². The number of hydrogen-bond donors (Lipinski definition) is 0. The molecule has 0 amide bonds. The summed E-state index contributed by atoms with van der Waals surface area (Å²) in [5, 5.41) is 0. The molecule has 6 nitrogen and oxygen atoms in total. The number of unbranched alkanes of at least 4 members (excludes halogenated alkanes) is 40. The van der Waals surface area contributed by atoms with Gasteiger partial charge in [0.05, 0.1) is 0 Å². The van der Waals surface area contributed by atoms with Crippen LogP contribution in [0.3, 0.4) is 0 Å². The third-order valence-corrected chi connectivity index (χ3v) is 13.4. The quantitative estimate of drug-likeness (QED) is 0.0262. The van der Waals surface area contributed by atoms with Crippen molar-refractivity contribution in [1.82, 2.24) is 0 Å². The van der Waals surface area contributed by atoms with E-state index in [9.17, 15) is 14.4 Å². The minimum atomic E-state index is -0.775. The third-order valence-electron chi connectivity index (χ3n) is 13.4. The van der Waals surface area contributed by atoms with Crippen LogP contribution in [0.15, 0.2) is 24.3 Å². The lowest BCUT2D eigenvalue weighted by atomic mass is 10.0. The highest BCUT2D eigenvalue weighted by molar-refractivity contribution is 5.71. The van der Waals surface area contributed by atoms with Gasteiger partial charge < -0.3 is 14.2 Å². The van der Waals surface area contributed by atoms with E-state index in [2.05, 4.69) is 45.1 Å². The minimum Gasteiger partial charge on any atom is -0.462 e. The molecule has 0 aliphatic heterocycles. The van der Waals surface area contributed by atoms with E-state index in [0.29, 0.717) is 19.3 Å². The second-order valence-electron chi connectivity index (χ2n) is 20.3. The van der Waals surface area contributed by atoms with E-state index in [-0.39, 0.29) is 31.1 Å². The Bertz CT molecular complexity index is 1080. The molecule has 0 aromatic carbocycles. The SMILES string of the molecule is CCCCCCCCC=CCCCCCCCC(=O)OCC(COC(=O)CCCCCCCCCCCCCCCCCCCCC)OC(=O)CCCCCCCC=CCCCCCCCC. The smallest absolute Gasteiger partial charge is 0.306 e. The van der Waals surface area contributed by atoms with E-state index in [1.807, 2.05) is 0 Å². The number of esters is 3. The maximum Gasteiger partial charge on any atom is 0.306 e. The van der Waals surface area contributed by atoms with Gasteiger partial charge in [0.2, 0.25) is 0 Å². The first-order chi connectivity index (χ1) is 33.0. The highest BCUT2D eigenvalue weighted by Crippen LogP contribution is 2.17. The molecule has 0 spiro atoms. The average Bonchev–Trinajstić information content (AvgIpc) is 3.33. The van der Waals surface area contributed by atoms with Gasteiger partial charge in [-0.1, -0.05) is 263 Å². The van der Waals surface area contributed by atoms with Crippen LogP contribution < -0.4 is 0 Å². The molecule has 0 N–H and O–H groups in total. The number of carbonyl (C=O) groups excluding carboxylic acids is 3. The number of rotatable bonds is 55. The van der Waals surface area contributed by atoms with Crippen LogP contribution in [0, 0.1) is 0 Å². The van der Waals surface area contributed by atoms with Crippen LogP contribution in [-0.2, 0) is 28.6 Å². The first-order valence-corrected chi connectivity index (χ1v) is 29.8. The molecule has 67 heavy (non-hydrogen) atoms. The van der Waals surface area contributed by atoms with Crippen molar-refractivity contribution in [1.29, 1.82) is 0 Å². The molecular formula is C61H114O6. The largest absolute Gasteiger partial charge is 0.462 e. The molecular weight excluding hydrogens is 829 g/mol. The molecule has 0 rings (SSSR count). The molecule has 0 heterocycles. The Kier molecular flexibility index (Phi) is 54.7. The molecule has 0 aliphatic rings. The Hall–Kier alpha value is -2.11. The van der Waals surface area contributed by atoms with Gasteiger partial charge in [-0.3, -0.25) is 14.4 Å². The van der Waals surface area contributed by atoms with E-state index in [0.717, 1.165) is 70.6 Å². The van der Waals surface area contributed by atoms with Crippen LogP contribution in [-0.4, -0.2) is 37.2 Å². The monoisotopic (exact) mass is 943 g/mol. The highest BCUT2D eigenvalue weighted by atomic mass is 16.6. The van der Waals surface area contributed by atoms with Gasteiger partial charge in [-0.2, -0.15) is 0 Å². The van der Waals surface area contributed by atoms with Crippen molar-refractivity contribution in [2.45, 2.75) is 335 Å². The first kappa shape index (κ1) is 64.9. The van der Waals surface area contributed by atoms with Crippen LogP contribution in [0.2, 0.25) is 0 Å². The normalized spacial score (nSPS) is 12.1. The van der Waals surface area contributed by atoms with Gasteiger partial charge >= 0.3 is 17.9 Å². The van der Waals surface area contributed by atoms with Gasteiger partial charge in [0.1, 0.15) is 13.2 Å². The van der Waals surface area contributed by atoms with Crippen molar-refractivity contribution in [2.24, 2.45) is 0 Å². The lowest BCUT2D eigenvalue weighted by Crippen LogP contribution is -2.30. The first-order valence-electron chi connectivity index (χ1n) is 29.8. The second kappa shape index (κ2) is 56.5. The van der Waals surface area contributed by atoms with Crippen molar-refractivity contribution in [3.63, 3.8) is 0 Å². The lowest BCUT2D eigenvalue weighted by Gasteiger charge is -2.18. The molecule has 394 valence electrons. The van der Waals surface area contributed by atoms with Crippen molar-refractivity contribution < 1.29 is 28.6 Å². The maximum absolute atomic E-state index is 12.8. The summed E-state index contributed by atoms with van der Waals surface area (Å²) in [6.45, 7) is 6.67. The van der Waals surface area contributed by atoms with Gasteiger partial charge in [-0.25, -0.2) is 0 Å². The molecule has 0 radical (unpaired) electrons. The molecule has 0 saturated heterocycles. The second-order valence-corrected chi connectivity index (χ2v) is 20.3. The Morgan fingerprint density at radius 3 is 0.746 bits per heavy atom. The molecule has 1 atom stereocenters. The fourth-order valence-corrected chi connectivity index (χ4v) is 8.91. The summed E-state index contributed by atoms with van der Waals surface area (Å²) in [7, 11) is 0. The molecule has 0 fully saturated rings. The van der Waals surface area contributed by atoms with Crippen LogP contribution in [0.25, 0.3) is 0 Å².